The molecule has 0 bridgehead atoms. The van der Waals surface area contributed by atoms with Crippen LogP contribution in [0, 0.1) is 0 Å². The fourth-order valence-electron chi connectivity index (χ4n) is 3.45. The number of nitrogens with zero attached hydrogens (tertiary/aromatic N) is 3. The number of ether oxygens (including phenoxy) is 1. The molecule has 9 heteroatoms. The van der Waals surface area contributed by atoms with Crippen LogP contribution in [0.2, 0.25) is 0 Å². The number of morpholine rings is 1. The minimum absolute atomic E-state index is 0. The highest BCUT2D eigenvalue weighted by Gasteiger charge is 2.24. The van der Waals surface area contributed by atoms with Gasteiger partial charge in [-0.3, -0.25) is 14.6 Å². The number of benzene rings is 2. The van der Waals surface area contributed by atoms with Crippen molar-refractivity contribution in [3.05, 3.63) is 48.0 Å². The van der Waals surface area contributed by atoms with Crippen LogP contribution in [0.1, 0.15) is 10.4 Å². The summed E-state index contributed by atoms with van der Waals surface area (Å²) in [5.74, 6) is 0.0114. The number of thioether (sulfide) groups is 2. The summed E-state index contributed by atoms with van der Waals surface area (Å²) >= 11 is 4.90. The molecular formula is C22H26ClN3O2S3. The molecule has 0 saturated carbocycles. The van der Waals surface area contributed by atoms with Crippen LogP contribution in [-0.4, -0.2) is 67.7 Å². The molecule has 0 radical (unpaired) electrons. The minimum Gasteiger partial charge on any atom is -0.379 e. The normalized spacial score (nSPS) is 14.4. The zero-order valence-corrected chi connectivity index (χ0v) is 20.8. The van der Waals surface area contributed by atoms with E-state index in [1.807, 2.05) is 41.5 Å². The molecule has 1 aliphatic heterocycles. The highest BCUT2D eigenvalue weighted by molar-refractivity contribution is 7.98. The second-order valence-corrected chi connectivity index (χ2v) is 9.68. The molecule has 0 unspecified atom stereocenters. The Morgan fingerprint density at radius 1 is 1.16 bits per heavy atom. The number of amides is 1. The smallest absolute Gasteiger partial charge is 0.261 e. The predicted octanol–water partition coefficient (Wildman–Crippen LogP) is 5.14. The first kappa shape index (κ1) is 24.4. The van der Waals surface area contributed by atoms with E-state index in [0.717, 1.165) is 58.7 Å². The van der Waals surface area contributed by atoms with Crippen molar-refractivity contribution in [2.75, 3.05) is 56.8 Å². The summed E-state index contributed by atoms with van der Waals surface area (Å²) in [4.78, 5) is 24.8. The van der Waals surface area contributed by atoms with E-state index < -0.39 is 0 Å². The van der Waals surface area contributed by atoms with Gasteiger partial charge >= 0.3 is 0 Å². The van der Waals surface area contributed by atoms with Crippen molar-refractivity contribution in [2.24, 2.45) is 0 Å². The van der Waals surface area contributed by atoms with Crippen LogP contribution in [0.15, 0.2) is 52.3 Å². The van der Waals surface area contributed by atoms with Crippen LogP contribution in [0.3, 0.4) is 0 Å². The van der Waals surface area contributed by atoms with E-state index in [1.54, 1.807) is 34.9 Å². The molecule has 1 aliphatic rings. The highest BCUT2D eigenvalue weighted by atomic mass is 35.5. The molecule has 0 aliphatic carbocycles. The number of fused-ring (bicyclic) bond motifs is 1. The Kier molecular flexibility index (Phi) is 9.06. The molecule has 31 heavy (non-hydrogen) atoms. The van der Waals surface area contributed by atoms with Crippen LogP contribution >= 0.6 is 47.3 Å². The lowest BCUT2D eigenvalue weighted by molar-refractivity contribution is 0.0391. The first-order chi connectivity index (χ1) is 14.7. The molecule has 0 N–H and O–H groups in total. The topological polar surface area (TPSA) is 45.7 Å². The minimum atomic E-state index is 0. The Labute approximate surface area is 202 Å². The van der Waals surface area contributed by atoms with Gasteiger partial charge in [-0.2, -0.15) is 0 Å². The van der Waals surface area contributed by atoms with Gasteiger partial charge in [-0.1, -0.05) is 23.5 Å². The average Bonchev–Trinajstić information content (AvgIpc) is 3.22. The van der Waals surface area contributed by atoms with Crippen LogP contribution in [0.4, 0.5) is 5.13 Å². The van der Waals surface area contributed by atoms with Gasteiger partial charge in [-0.25, -0.2) is 4.98 Å². The van der Waals surface area contributed by atoms with Crippen molar-refractivity contribution < 1.29 is 9.53 Å². The number of aromatic nitrogens is 1. The van der Waals surface area contributed by atoms with Crippen molar-refractivity contribution in [2.45, 2.75) is 9.79 Å². The molecule has 0 atom stereocenters. The summed E-state index contributed by atoms with van der Waals surface area (Å²) in [6.07, 6.45) is 4.08. The maximum absolute atomic E-state index is 13.6. The molecule has 2 aromatic carbocycles. The third-order valence-electron chi connectivity index (χ3n) is 5.14. The first-order valence-corrected chi connectivity index (χ1v) is 13.2. The molecule has 166 valence electrons. The van der Waals surface area contributed by atoms with E-state index in [0.29, 0.717) is 6.54 Å². The molecule has 1 amide bonds. The van der Waals surface area contributed by atoms with E-state index in [-0.39, 0.29) is 18.3 Å². The molecule has 5 nitrogen and oxygen atoms in total. The number of thiazole rings is 1. The molecule has 1 saturated heterocycles. The molecule has 2 heterocycles. The number of carbonyl (C=O) groups is 1. The fraction of sp³-hybridized carbons (Fsp3) is 0.364. The van der Waals surface area contributed by atoms with Crippen molar-refractivity contribution in [3.63, 3.8) is 0 Å². The average molecular weight is 496 g/mol. The second kappa shape index (κ2) is 11.5. The van der Waals surface area contributed by atoms with Crippen molar-refractivity contribution in [1.82, 2.24) is 9.88 Å². The highest BCUT2D eigenvalue weighted by Crippen LogP contribution is 2.33. The lowest BCUT2D eigenvalue weighted by Crippen LogP contribution is -2.43. The number of carbonyl (C=O) groups excluding carboxylic acids is 1. The largest absolute Gasteiger partial charge is 0.379 e. The number of hydrogen-bond donors (Lipinski definition) is 0. The summed E-state index contributed by atoms with van der Waals surface area (Å²) in [6, 6.07) is 14.1. The van der Waals surface area contributed by atoms with Crippen LogP contribution in [0.5, 0.6) is 0 Å². The predicted molar refractivity (Wildman–Crippen MR) is 136 cm³/mol. The summed E-state index contributed by atoms with van der Waals surface area (Å²) in [6.45, 7) is 4.73. The third-order valence-corrected chi connectivity index (χ3v) is 7.70. The Balaban J connectivity index is 0.00000272. The molecule has 4 rings (SSSR count). The monoisotopic (exact) mass is 495 g/mol. The SMILES string of the molecule is CSc1ccc2nc(N(CCN3CCOCC3)C(=O)c3ccccc3SC)sc2c1.Cl. The van der Waals surface area contributed by atoms with Crippen LogP contribution in [0.25, 0.3) is 10.2 Å². The van der Waals surface area contributed by atoms with E-state index in [9.17, 15) is 4.79 Å². The van der Waals surface area contributed by atoms with Crippen LogP contribution < -0.4 is 4.90 Å². The van der Waals surface area contributed by atoms with E-state index >= 15 is 0 Å². The fourth-order valence-corrected chi connectivity index (χ4v) is 5.59. The maximum atomic E-state index is 13.6. The maximum Gasteiger partial charge on any atom is 0.261 e. The molecular weight excluding hydrogens is 470 g/mol. The Bertz CT molecular complexity index is 1020. The van der Waals surface area contributed by atoms with E-state index in [4.69, 9.17) is 9.72 Å². The lowest BCUT2D eigenvalue weighted by Gasteiger charge is -2.29. The lowest BCUT2D eigenvalue weighted by atomic mass is 10.2. The van der Waals surface area contributed by atoms with Gasteiger partial charge in [0.05, 0.1) is 29.0 Å². The molecule has 1 fully saturated rings. The Hall–Kier alpha value is -1.29. The molecule has 0 spiro atoms. The molecule has 3 aromatic rings. The van der Waals surface area contributed by atoms with Gasteiger partial charge in [0.15, 0.2) is 5.13 Å². The van der Waals surface area contributed by atoms with Crippen molar-refractivity contribution in [3.8, 4) is 0 Å². The van der Waals surface area contributed by atoms with Crippen LogP contribution in [-0.2, 0) is 4.74 Å². The first-order valence-electron chi connectivity index (χ1n) is 9.89. The van der Waals surface area contributed by atoms with Crippen molar-refractivity contribution >= 4 is 68.5 Å². The van der Waals surface area contributed by atoms with Gasteiger partial charge in [-0.15, -0.1) is 35.9 Å². The second-order valence-electron chi connectivity index (χ2n) is 6.94. The van der Waals surface area contributed by atoms with Gasteiger partial charge in [0, 0.05) is 36.0 Å². The quantitative estimate of drug-likeness (QED) is 0.423. The van der Waals surface area contributed by atoms with Gasteiger partial charge in [0.2, 0.25) is 0 Å². The Morgan fingerprint density at radius 2 is 1.94 bits per heavy atom. The van der Waals surface area contributed by atoms with E-state index in [1.165, 1.54) is 4.90 Å². The summed E-state index contributed by atoms with van der Waals surface area (Å²) in [5.41, 5.74) is 1.67. The summed E-state index contributed by atoms with van der Waals surface area (Å²) in [5, 5.41) is 0.761. The van der Waals surface area contributed by atoms with Gasteiger partial charge in [-0.05, 0) is 42.8 Å². The zero-order valence-electron chi connectivity index (χ0n) is 17.6. The number of hydrogen-bond acceptors (Lipinski definition) is 7. The zero-order chi connectivity index (χ0) is 20.9. The Morgan fingerprint density at radius 3 is 2.68 bits per heavy atom. The molecule has 1 aromatic heterocycles. The van der Waals surface area contributed by atoms with Gasteiger partial charge in [0.25, 0.3) is 5.91 Å². The standard InChI is InChI=1S/C22H25N3O2S3.ClH/c1-28-16-7-8-18-20(15-16)30-22(23-18)25(10-9-24-11-13-27-14-12-24)21(26)17-5-3-4-6-19(17)29-2;/h3-8,15H,9-14H2,1-2H3;1H. The van der Waals surface area contributed by atoms with Gasteiger partial charge < -0.3 is 4.74 Å². The third kappa shape index (κ3) is 5.74. The summed E-state index contributed by atoms with van der Waals surface area (Å²) < 4.78 is 6.57. The number of halogens is 1. The van der Waals surface area contributed by atoms with Gasteiger partial charge in [0.1, 0.15) is 0 Å². The summed E-state index contributed by atoms with van der Waals surface area (Å²) in [7, 11) is 0. The number of rotatable bonds is 7. The van der Waals surface area contributed by atoms with Crippen molar-refractivity contribution in [1.29, 1.82) is 0 Å². The van der Waals surface area contributed by atoms with E-state index in [2.05, 4.69) is 23.3 Å². The number of anilines is 1.